The Hall–Kier alpha value is -2.10. The van der Waals surface area contributed by atoms with Gasteiger partial charge in [0.2, 0.25) is 10.0 Å². The van der Waals surface area contributed by atoms with Crippen molar-refractivity contribution in [1.29, 1.82) is 0 Å². The zero-order valence-corrected chi connectivity index (χ0v) is 19.5. The molecule has 170 valence electrons. The maximum Gasteiger partial charge on any atom is 0.250 e. The van der Waals surface area contributed by atoms with Crippen LogP contribution in [0.4, 0.5) is 4.39 Å². The van der Waals surface area contributed by atoms with Gasteiger partial charge in [0, 0.05) is 31.1 Å². The van der Waals surface area contributed by atoms with Gasteiger partial charge in [-0.3, -0.25) is 0 Å². The van der Waals surface area contributed by atoms with Gasteiger partial charge in [0.05, 0.1) is 0 Å². The van der Waals surface area contributed by atoms with Gasteiger partial charge in [0.1, 0.15) is 10.0 Å². The van der Waals surface area contributed by atoms with Crippen LogP contribution in [0.1, 0.15) is 24.0 Å². The Bertz CT molecular complexity index is 1110. The topological polar surface area (TPSA) is 61.4 Å². The molecule has 0 radical (unpaired) electrons. The van der Waals surface area contributed by atoms with E-state index < -0.39 is 10.0 Å². The zero-order chi connectivity index (χ0) is 22.4. The van der Waals surface area contributed by atoms with Crippen molar-refractivity contribution in [2.24, 2.45) is 0 Å². The number of rotatable bonds is 10. The minimum Gasteiger partial charge on any atom is -0.309 e. The normalized spacial score (nSPS) is 14.8. The average Bonchev–Trinajstić information content (AvgIpc) is 3.48. The lowest BCUT2D eigenvalue weighted by atomic mass is 10.1. The van der Waals surface area contributed by atoms with Crippen LogP contribution in [0.2, 0.25) is 0 Å². The molecule has 0 spiro atoms. The van der Waals surface area contributed by atoms with Gasteiger partial charge in [-0.1, -0.05) is 36.4 Å². The molecule has 0 aliphatic carbocycles. The van der Waals surface area contributed by atoms with Crippen LogP contribution >= 0.6 is 11.3 Å². The van der Waals surface area contributed by atoms with Gasteiger partial charge >= 0.3 is 0 Å². The molecule has 1 aromatic heterocycles. The number of nitrogens with one attached hydrogen (secondary N) is 2. The number of nitrogens with zero attached hydrogens (tertiary/aromatic N) is 1. The van der Waals surface area contributed by atoms with Gasteiger partial charge in [-0.25, -0.2) is 17.5 Å². The molecular formula is C24H28FN3O2S2. The molecule has 1 fully saturated rings. The Kier molecular flexibility index (Phi) is 7.70. The number of hydrogen-bond acceptors (Lipinski definition) is 5. The molecule has 4 rings (SSSR count). The molecule has 3 aromatic rings. The lowest BCUT2D eigenvalue weighted by molar-refractivity contribution is 0.344. The van der Waals surface area contributed by atoms with Crippen molar-refractivity contribution in [2.75, 3.05) is 26.2 Å². The first-order valence-corrected chi connectivity index (χ1v) is 13.2. The number of hydrogen-bond donors (Lipinski definition) is 2. The maximum absolute atomic E-state index is 13.0. The highest BCUT2D eigenvalue weighted by Crippen LogP contribution is 2.30. The Labute approximate surface area is 193 Å². The maximum atomic E-state index is 13.0. The third-order valence-electron chi connectivity index (χ3n) is 5.57. The van der Waals surface area contributed by atoms with Crippen molar-refractivity contribution in [2.45, 2.75) is 30.1 Å². The minimum atomic E-state index is -3.48. The summed E-state index contributed by atoms with van der Waals surface area (Å²) in [6.45, 7) is 4.68. The molecule has 2 N–H and O–H groups in total. The summed E-state index contributed by atoms with van der Waals surface area (Å²) >= 11 is 1.29. The van der Waals surface area contributed by atoms with Gasteiger partial charge in [-0.2, -0.15) is 0 Å². The first kappa shape index (κ1) is 23.1. The third kappa shape index (κ3) is 6.24. The SMILES string of the molecule is O=S(=O)(NCCN1CCCC1)c1ccc(-c2ccc(CNCc3ccc(F)cc3)cc2)s1. The predicted octanol–water partition coefficient (Wildman–Crippen LogP) is 4.22. The summed E-state index contributed by atoms with van der Waals surface area (Å²) < 4.78 is 41.3. The van der Waals surface area contributed by atoms with E-state index in [1.165, 1.54) is 36.3 Å². The van der Waals surface area contributed by atoms with E-state index in [4.69, 9.17) is 0 Å². The van der Waals surface area contributed by atoms with Gasteiger partial charge in [0.15, 0.2) is 0 Å². The molecule has 2 heterocycles. The van der Waals surface area contributed by atoms with E-state index in [1.807, 2.05) is 30.3 Å². The van der Waals surface area contributed by atoms with E-state index in [0.29, 0.717) is 23.8 Å². The first-order valence-electron chi connectivity index (χ1n) is 10.9. The fourth-order valence-corrected chi connectivity index (χ4v) is 6.15. The quantitative estimate of drug-likeness (QED) is 0.463. The molecule has 0 unspecified atom stereocenters. The number of halogens is 1. The molecule has 1 aliphatic rings. The van der Waals surface area contributed by atoms with Crippen molar-refractivity contribution in [3.05, 3.63) is 77.6 Å². The predicted molar refractivity (Wildman–Crippen MR) is 128 cm³/mol. The van der Waals surface area contributed by atoms with Gasteiger partial charge in [-0.05, 0) is 66.9 Å². The Morgan fingerprint density at radius 3 is 2.16 bits per heavy atom. The minimum absolute atomic E-state index is 0.230. The van der Waals surface area contributed by atoms with Gasteiger partial charge in [0.25, 0.3) is 0 Å². The van der Waals surface area contributed by atoms with E-state index in [1.54, 1.807) is 18.2 Å². The van der Waals surface area contributed by atoms with Crippen LogP contribution in [0.3, 0.4) is 0 Å². The molecular weight excluding hydrogens is 445 g/mol. The lowest BCUT2D eigenvalue weighted by Crippen LogP contribution is -2.33. The number of likely N-dealkylation sites (tertiary alicyclic amines) is 1. The number of benzene rings is 2. The zero-order valence-electron chi connectivity index (χ0n) is 17.9. The summed E-state index contributed by atoms with van der Waals surface area (Å²) in [5.41, 5.74) is 3.16. The number of thiophene rings is 1. The molecule has 0 bridgehead atoms. The summed E-state index contributed by atoms with van der Waals surface area (Å²) in [5.74, 6) is -0.230. The van der Waals surface area contributed by atoms with Crippen LogP contribution < -0.4 is 10.0 Å². The van der Waals surface area contributed by atoms with E-state index in [-0.39, 0.29) is 5.82 Å². The Balaban J connectivity index is 1.29. The van der Waals surface area contributed by atoms with Crippen molar-refractivity contribution in [3.63, 3.8) is 0 Å². The fraction of sp³-hybridized carbons (Fsp3) is 0.333. The van der Waals surface area contributed by atoms with Crippen LogP contribution in [0, 0.1) is 5.82 Å². The second kappa shape index (κ2) is 10.7. The first-order chi connectivity index (χ1) is 15.5. The molecule has 1 aliphatic heterocycles. The molecule has 5 nitrogen and oxygen atoms in total. The summed E-state index contributed by atoms with van der Waals surface area (Å²) in [7, 11) is -3.48. The molecule has 1 saturated heterocycles. The van der Waals surface area contributed by atoms with Crippen LogP contribution in [0.5, 0.6) is 0 Å². The van der Waals surface area contributed by atoms with E-state index in [0.717, 1.165) is 41.2 Å². The Morgan fingerprint density at radius 1 is 0.875 bits per heavy atom. The van der Waals surface area contributed by atoms with Crippen molar-refractivity contribution < 1.29 is 12.8 Å². The van der Waals surface area contributed by atoms with E-state index in [2.05, 4.69) is 14.9 Å². The smallest absolute Gasteiger partial charge is 0.250 e. The van der Waals surface area contributed by atoms with Crippen LogP contribution in [0.15, 0.2) is 64.9 Å². The molecule has 0 amide bonds. The molecule has 32 heavy (non-hydrogen) atoms. The van der Waals surface area contributed by atoms with E-state index in [9.17, 15) is 12.8 Å². The summed E-state index contributed by atoms with van der Waals surface area (Å²) in [6.07, 6.45) is 2.40. The summed E-state index contributed by atoms with van der Waals surface area (Å²) in [4.78, 5) is 3.22. The second-order valence-corrected chi connectivity index (χ2v) is 11.1. The fourth-order valence-electron chi connectivity index (χ4n) is 3.78. The van der Waals surface area contributed by atoms with Crippen LogP contribution in [0.25, 0.3) is 10.4 Å². The van der Waals surface area contributed by atoms with Crippen LogP contribution in [-0.2, 0) is 23.1 Å². The largest absolute Gasteiger partial charge is 0.309 e. The number of sulfonamides is 1. The van der Waals surface area contributed by atoms with Gasteiger partial charge < -0.3 is 10.2 Å². The monoisotopic (exact) mass is 473 g/mol. The van der Waals surface area contributed by atoms with Crippen molar-refractivity contribution in [1.82, 2.24) is 14.9 Å². The van der Waals surface area contributed by atoms with Crippen LogP contribution in [-0.4, -0.2) is 39.5 Å². The highest BCUT2D eigenvalue weighted by Gasteiger charge is 2.18. The molecule has 0 atom stereocenters. The highest BCUT2D eigenvalue weighted by atomic mass is 32.2. The molecule has 2 aromatic carbocycles. The standard InChI is InChI=1S/C24H28FN3O2S2/c25-22-9-5-20(6-10-22)18-26-17-19-3-7-21(8-4-19)23-11-12-24(31-23)32(29,30)27-13-16-28-14-1-2-15-28/h3-12,26-27H,1-2,13-18H2. The lowest BCUT2D eigenvalue weighted by Gasteiger charge is -2.14. The van der Waals surface area contributed by atoms with E-state index >= 15 is 0 Å². The van der Waals surface area contributed by atoms with Gasteiger partial charge in [-0.15, -0.1) is 11.3 Å². The second-order valence-electron chi connectivity index (χ2n) is 7.99. The molecule has 8 heteroatoms. The van der Waals surface area contributed by atoms with Crippen molar-refractivity contribution in [3.8, 4) is 10.4 Å². The highest BCUT2D eigenvalue weighted by molar-refractivity contribution is 7.91. The van der Waals surface area contributed by atoms with Crippen molar-refractivity contribution >= 4 is 21.4 Å². The summed E-state index contributed by atoms with van der Waals surface area (Å²) in [6, 6.07) is 18.1. The Morgan fingerprint density at radius 2 is 1.50 bits per heavy atom. The average molecular weight is 474 g/mol. The third-order valence-corrected chi connectivity index (χ3v) is 8.66. The summed E-state index contributed by atoms with van der Waals surface area (Å²) in [5, 5.41) is 3.35. The molecule has 0 saturated carbocycles.